The average molecular weight is 276 g/mol. The van der Waals surface area contributed by atoms with E-state index in [1.165, 1.54) is 0 Å². The predicted octanol–water partition coefficient (Wildman–Crippen LogP) is 1.42. The summed E-state index contributed by atoms with van der Waals surface area (Å²) in [6.07, 6.45) is 0.513. The summed E-state index contributed by atoms with van der Waals surface area (Å²) < 4.78 is 5.58. The van der Waals surface area contributed by atoms with E-state index in [4.69, 9.17) is 9.84 Å². The number of benzene rings is 1. The zero-order valence-corrected chi connectivity index (χ0v) is 11.7. The van der Waals surface area contributed by atoms with Crippen LogP contribution in [0.1, 0.15) is 17.5 Å². The lowest BCUT2D eigenvalue weighted by atomic mass is 10.1. The molecule has 107 valence electrons. The third kappa shape index (κ3) is 3.10. The molecule has 5 nitrogen and oxygen atoms in total. The van der Waals surface area contributed by atoms with Gasteiger partial charge in [0.15, 0.2) is 6.61 Å². The maximum absolute atomic E-state index is 12.0. The highest BCUT2D eigenvalue weighted by atomic mass is 16.5. The molecule has 1 aromatic rings. The fourth-order valence-corrected chi connectivity index (χ4v) is 2.37. The molecule has 1 saturated heterocycles. The molecule has 5 heteroatoms. The Kier molecular flexibility index (Phi) is 4.27. The van der Waals surface area contributed by atoms with E-state index in [2.05, 4.69) is 6.07 Å². The molecule has 1 N–H and O–H groups in total. The van der Waals surface area contributed by atoms with Crippen LogP contribution in [0.2, 0.25) is 0 Å². The number of aryl methyl sites for hydroxylation is 2. The van der Waals surface area contributed by atoms with Crippen molar-refractivity contribution in [3.05, 3.63) is 29.3 Å². The van der Waals surface area contributed by atoms with Crippen molar-refractivity contribution in [1.29, 1.82) is 0 Å². The van der Waals surface area contributed by atoms with E-state index in [1.54, 1.807) is 4.90 Å². The van der Waals surface area contributed by atoms with Gasteiger partial charge < -0.3 is 14.7 Å². The van der Waals surface area contributed by atoms with Crippen molar-refractivity contribution < 1.29 is 19.4 Å². The SMILES string of the molecule is Cc1c[c]cc(C)c1OCC(=O)N1CCC(C(=O)O)C1. The van der Waals surface area contributed by atoms with Gasteiger partial charge in [-0.05, 0) is 49.6 Å². The van der Waals surface area contributed by atoms with Crippen molar-refractivity contribution in [2.24, 2.45) is 5.92 Å². The number of ether oxygens (including phenoxy) is 1. The van der Waals surface area contributed by atoms with E-state index < -0.39 is 11.9 Å². The normalized spacial score (nSPS) is 18.1. The highest BCUT2D eigenvalue weighted by Crippen LogP contribution is 2.22. The molecule has 1 fully saturated rings. The molecule has 0 spiro atoms. The summed E-state index contributed by atoms with van der Waals surface area (Å²) >= 11 is 0. The summed E-state index contributed by atoms with van der Waals surface area (Å²) in [5, 5.41) is 8.92. The number of aliphatic carboxylic acids is 1. The van der Waals surface area contributed by atoms with Gasteiger partial charge in [-0.1, -0.05) is 0 Å². The molecule has 1 aliphatic heterocycles. The molecule has 1 aromatic carbocycles. The summed E-state index contributed by atoms with van der Waals surface area (Å²) in [5.74, 6) is -0.758. The predicted molar refractivity (Wildman–Crippen MR) is 72.6 cm³/mol. The Morgan fingerprint density at radius 2 is 2.05 bits per heavy atom. The van der Waals surface area contributed by atoms with Crippen molar-refractivity contribution in [3.63, 3.8) is 0 Å². The first-order chi connectivity index (χ1) is 9.49. The second kappa shape index (κ2) is 5.94. The quantitative estimate of drug-likeness (QED) is 0.903. The molecule has 1 atom stereocenters. The Morgan fingerprint density at radius 1 is 1.40 bits per heavy atom. The lowest BCUT2D eigenvalue weighted by Gasteiger charge is -2.17. The number of carboxylic acid groups (broad SMARTS) is 1. The molecule has 1 heterocycles. The zero-order chi connectivity index (χ0) is 14.7. The maximum Gasteiger partial charge on any atom is 0.308 e. The van der Waals surface area contributed by atoms with Crippen LogP contribution in [-0.2, 0) is 9.59 Å². The minimum Gasteiger partial charge on any atom is -0.483 e. The molecular formula is C15H18NO4. The molecule has 0 bridgehead atoms. The van der Waals surface area contributed by atoms with Crippen LogP contribution in [0.3, 0.4) is 0 Å². The third-order valence-corrected chi connectivity index (χ3v) is 3.55. The minimum atomic E-state index is -0.841. The second-order valence-corrected chi connectivity index (χ2v) is 5.10. The van der Waals surface area contributed by atoms with Crippen molar-refractivity contribution >= 4 is 11.9 Å². The molecule has 1 unspecified atom stereocenters. The number of rotatable bonds is 4. The van der Waals surface area contributed by atoms with E-state index in [9.17, 15) is 9.59 Å². The monoisotopic (exact) mass is 276 g/mol. The molecular weight excluding hydrogens is 258 g/mol. The largest absolute Gasteiger partial charge is 0.483 e. The molecule has 0 aromatic heterocycles. The summed E-state index contributed by atoms with van der Waals surface area (Å²) in [7, 11) is 0. The molecule has 1 radical (unpaired) electrons. The number of carboxylic acids is 1. The molecule has 1 aliphatic rings. The van der Waals surface area contributed by atoms with Gasteiger partial charge in [-0.3, -0.25) is 9.59 Å². The van der Waals surface area contributed by atoms with Gasteiger partial charge in [-0.15, -0.1) is 0 Å². The van der Waals surface area contributed by atoms with E-state index in [-0.39, 0.29) is 19.1 Å². The number of hydrogen-bond donors (Lipinski definition) is 1. The fraction of sp³-hybridized carbons (Fsp3) is 0.467. The first-order valence-electron chi connectivity index (χ1n) is 6.59. The van der Waals surface area contributed by atoms with Crippen LogP contribution in [0.4, 0.5) is 0 Å². The van der Waals surface area contributed by atoms with E-state index in [0.29, 0.717) is 18.7 Å². The number of nitrogens with zero attached hydrogens (tertiary/aromatic N) is 1. The Bertz CT molecular complexity index is 506. The number of carbonyl (C=O) groups is 2. The number of likely N-dealkylation sites (tertiary alicyclic amines) is 1. The van der Waals surface area contributed by atoms with Crippen LogP contribution >= 0.6 is 0 Å². The van der Waals surface area contributed by atoms with Gasteiger partial charge in [0, 0.05) is 13.1 Å². The highest BCUT2D eigenvalue weighted by Gasteiger charge is 2.30. The molecule has 0 saturated carbocycles. The first kappa shape index (κ1) is 14.4. The standard InChI is InChI=1S/C15H18NO4/c1-10-4-3-5-11(2)14(10)20-9-13(17)16-7-6-12(8-16)15(18)19/h4-5,12H,6-9H2,1-2H3,(H,18,19). The highest BCUT2D eigenvalue weighted by molar-refractivity contribution is 5.80. The number of carbonyl (C=O) groups excluding carboxylic acids is 1. The minimum absolute atomic E-state index is 0.0575. The third-order valence-electron chi connectivity index (χ3n) is 3.55. The van der Waals surface area contributed by atoms with Gasteiger partial charge in [0.25, 0.3) is 5.91 Å². The van der Waals surface area contributed by atoms with E-state index >= 15 is 0 Å². The summed E-state index contributed by atoms with van der Waals surface area (Å²) in [4.78, 5) is 24.4. The van der Waals surface area contributed by atoms with Crippen LogP contribution in [0.15, 0.2) is 12.1 Å². The van der Waals surface area contributed by atoms with Gasteiger partial charge in [-0.25, -0.2) is 0 Å². The Labute approximate surface area is 118 Å². The van der Waals surface area contributed by atoms with Crippen LogP contribution < -0.4 is 4.74 Å². The van der Waals surface area contributed by atoms with Crippen molar-refractivity contribution in [2.45, 2.75) is 20.3 Å². The Morgan fingerprint density at radius 3 is 2.60 bits per heavy atom. The second-order valence-electron chi connectivity index (χ2n) is 5.10. The Hall–Kier alpha value is -2.04. The summed E-state index contributed by atoms with van der Waals surface area (Å²) in [6.45, 7) is 4.51. The van der Waals surface area contributed by atoms with Gasteiger partial charge in [0.2, 0.25) is 0 Å². The van der Waals surface area contributed by atoms with Gasteiger partial charge in [0.1, 0.15) is 5.75 Å². The lowest BCUT2D eigenvalue weighted by Crippen LogP contribution is -2.34. The average Bonchev–Trinajstić information content (AvgIpc) is 2.87. The zero-order valence-electron chi connectivity index (χ0n) is 11.7. The maximum atomic E-state index is 12.0. The van der Waals surface area contributed by atoms with Crippen molar-refractivity contribution in [3.8, 4) is 5.75 Å². The van der Waals surface area contributed by atoms with Crippen LogP contribution in [-0.4, -0.2) is 41.6 Å². The van der Waals surface area contributed by atoms with Gasteiger partial charge >= 0.3 is 5.97 Å². The number of hydrogen-bond acceptors (Lipinski definition) is 3. The smallest absolute Gasteiger partial charge is 0.308 e. The van der Waals surface area contributed by atoms with E-state index in [1.807, 2.05) is 26.0 Å². The van der Waals surface area contributed by atoms with E-state index in [0.717, 1.165) is 11.1 Å². The van der Waals surface area contributed by atoms with Crippen LogP contribution in [0.25, 0.3) is 0 Å². The topological polar surface area (TPSA) is 66.8 Å². The van der Waals surface area contributed by atoms with Gasteiger partial charge in [-0.2, -0.15) is 0 Å². The van der Waals surface area contributed by atoms with Gasteiger partial charge in [0.05, 0.1) is 5.92 Å². The molecule has 1 amide bonds. The molecule has 20 heavy (non-hydrogen) atoms. The summed E-state index contributed by atoms with van der Waals surface area (Å²) in [5.41, 5.74) is 1.87. The first-order valence-corrected chi connectivity index (χ1v) is 6.59. The Balaban J connectivity index is 1.92. The summed E-state index contributed by atoms with van der Waals surface area (Å²) in [6, 6.07) is 6.61. The lowest BCUT2D eigenvalue weighted by molar-refractivity contribution is -0.141. The van der Waals surface area contributed by atoms with Crippen molar-refractivity contribution in [1.82, 2.24) is 4.90 Å². The molecule has 0 aliphatic carbocycles. The fourth-order valence-electron chi connectivity index (χ4n) is 2.37. The molecule has 2 rings (SSSR count). The number of amides is 1. The van der Waals surface area contributed by atoms with Crippen molar-refractivity contribution in [2.75, 3.05) is 19.7 Å². The van der Waals surface area contributed by atoms with Crippen LogP contribution in [0, 0.1) is 25.8 Å². The van der Waals surface area contributed by atoms with Crippen LogP contribution in [0.5, 0.6) is 5.75 Å².